The fraction of sp³-hybridized carbons (Fsp3) is 0.455. The molecule has 0 aliphatic carbocycles. The summed E-state index contributed by atoms with van der Waals surface area (Å²) in [5.74, 6) is 5.70. The molecular weight excluding hydrogens is 351 g/mol. The maximum Gasteiger partial charge on any atom is 0.147 e. The molecule has 17 heavy (non-hydrogen) atoms. The molecule has 3 N–H and O–H groups in total. The first-order valence-corrected chi connectivity index (χ1v) is 8.45. The van der Waals surface area contributed by atoms with Crippen LogP contribution in [0.5, 0.6) is 0 Å². The fourth-order valence-corrected chi connectivity index (χ4v) is 2.64. The molecule has 1 aromatic rings. The van der Waals surface area contributed by atoms with Crippen molar-refractivity contribution in [3.63, 3.8) is 0 Å². The molecule has 0 spiro atoms. The number of sulfone groups is 1. The zero-order valence-corrected chi connectivity index (χ0v) is 12.7. The van der Waals surface area contributed by atoms with Gasteiger partial charge in [-0.1, -0.05) is 12.1 Å². The first-order chi connectivity index (χ1) is 7.92. The third-order valence-corrected chi connectivity index (χ3v) is 4.23. The van der Waals surface area contributed by atoms with Crippen LogP contribution in [-0.4, -0.2) is 20.4 Å². The Labute approximate surface area is 116 Å². The van der Waals surface area contributed by atoms with Gasteiger partial charge in [0, 0.05) is 21.6 Å². The van der Waals surface area contributed by atoms with Gasteiger partial charge in [-0.05, 0) is 53.1 Å². The quantitative estimate of drug-likeness (QED) is 0.455. The highest BCUT2D eigenvalue weighted by Crippen LogP contribution is 2.19. The SMILES string of the molecule is CS(=O)(=O)CCCC(NN)c1ccc(I)cc1. The second-order valence-electron chi connectivity index (χ2n) is 4.04. The lowest BCUT2D eigenvalue weighted by Crippen LogP contribution is -2.28. The van der Waals surface area contributed by atoms with Crippen molar-refractivity contribution < 1.29 is 8.42 Å². The second-order valence-corrected chi connectivity index (χ2v) is 7.55. The number of hydrogen-bond acceptors (Lipinski definition) is 4. The molecule has 0 fully saturated rings. The van der Waals surface area contributed by atoms with Gasteiger partial charge < -0.3 is 0 Å². The molecule has 0 aliphatic rings. The normalized spacial score (nSPS) is 13.6. The maximum atomic E-state index is 11.0. The van der Waals surface area contributed by atoms with Gasteiger partial charge in [-0.25, -0.2) is 8.42 Å². The van der Waals surface area contributed by atoms with E-state index in [1.54, 1.807) is 0 Å². The van der Waals surface area contributed by atoms with Crippen LogP contribution in [0.15, 0.2) is 24.3 Å². The van der Waals surface area contributed by atoms with Gasteiger partial charge >= 0.3 is 0 Å². The molecule has 0 aliphatic heterocycles. The summed E-state index contributed by atoms with van der Waals surface area (Å²) in [4.78, 5) is 0. The van der Waals surface area contributed by atoms with Crippen molar-refractivity contribution in [1.29, 1.82) is 0 Å². The third-order valence-electron chi connectivity index (χ3n) is 2.48. The van der Waals surface area contributed by atoms with Crippen LogP contribution in [0.3, 0.4) is 0 Å². The zero-order chi connectivity index (χ0) is 12.9. The smallest absolute Gasteiger partial charge is 0.147 e. The van der Waals surface area contributed by atoms with Crippen molar-refractivity contribution in [2.24, 2.45) is 5.84 Å². The van der Waals surface area contributed by atoms with E-state index >= 15 is 0 Å². The van der Waals surface area contributed by atoms with Gasteiger partial charge in [0.05, 0.1) is 0 Å². The van der Waals surface area contributed by atoms with Crippen molar-refractivity contribution in [2.75, 3.05) is 12.0 Å². The summed E-state index contributed by atoms with van der Waals surface area (Å²) in [7, 11) is -2.89. The molecule has 0 saturated heterocycles. The number of nitrogens with two attached hydrogens (primary N) is 1. The molecule has 1 aromatic carbocycles. The van der Waals surface area contributed by atoms with Crippen molar-refractivity contribution in [1.82, 2.24) is 5.43 Å². The molecule has 6 heteroatoms. The van der Waals surface area contributed by atoms with E-state index in [1.807, 2.05) is 24.3 Å². The molecule has 1 atom stereocenters. The Balaban J connectivity index is 2.57. The minimum Gasteiger partial charge on any atom is -0.271 e. The summed E-state index contributed by atoms with van der Waals surface area (Å²) in [5, 5.41) is 0. The average molecular weight is 368 g/mol. The Morgan fingerprint density at radius 1 is 1.35 bits per heavy atom. The van der Waals surface area contributed by atoms with Crippen LogP contribution in [-0.2, 0) is 9.84 Å². The summed E-state index contributed by atoms with van der Waals surface area (Å²) < 4.78 is 23.2. The molecule has 0 amide bonds. The Kier molecular flexibility index (Phi) is 5.84. The van der Waals surface area contributed by atoms with E-state index in [2.05, 4.69) is 28.0 Å². The zero-order valence-electron chi connectivity index (χ0n) is 9.69. The maximum absolute atomic E-state index is 11.0. The van der Waals surface area contributed by atoms with Gasteiger partial charge in [0.15, 0.2) is 0 Å². The summed E-state index contributed by atoms with van der Waals surface area (Å²) in [5.41, 5.74) is 3.81. The third kappa shape index (κ3) is 5.80. The summed E-state index contributed by atoms with van der Waals surface area (Å²) in [6.45, 7) is 0. The Morgan fingerprint density at radius 3 is 2.41 bits per heavy atom. The molecule has 0 heterocycles. The van der Waals surface area contributed by atoms with Gasteiger partial charge in [0.25, 0.3) is 0 Å². The van der Waals surface area contributed by atoms with E-state index in [9.17, 15) is 8.42 Å². The fourth-order valence-electron chi connectivity index (χ4n) is 1.59. The van der Waals surface area contributed by atoms with Crippen molar-refractivity contribution in [2.45, 2.75) is 18.9 Å². The van der Waals surface area contributed by atoms with Crippen molar-refractivity contribution in [3.05, 3.63) is 33.4 Å². The number of rotatable bonds is 6. The van der Waals surface area contributed by atoms with Gasteiger partial charge in [0.1, 0.15) is 9.84 Å². The highest BCUT2D eigenvalue weighted by Gasteiger charge is 2.11. The molecular formula is C11H17IN2O2S. The van der Waals surface area contributed by atoms with Crippen LogP contribution in [0.25, 0.3) is 0 Å². The summed E-state index contributed by atoms with van der Waals surface area (Å²) in [6.07, 6.45) is 2.58. The van der Waals surface area contributed by atoms with Crippen molar-refractivity contribution in [3.8, 4) is 0 Å². The van der Waals surface area contributed by atoms with E-state index < -0.39 is 9.84 Å². The molecule has 1 rings (SSSR count). The van der Waals surface area contributed by atoms with Crippen LogP contribution in [0.4, 0.5) is 0 Å². The number of halogens is 1. The number of hydrazine groups is 1. The molecule has 0 saturated carbocycles. The number of nitrogens with one attached hydrogen (secondary N) is 1. The highest BCUT2D eigenvalue weighted by molar-refractivity contribution is 14.1. The van der Waals surface area contributed by atoms with Crippen LogP contribution >= 0.6 is 22.6 Å². The van der Waals surface area contributed by atoms with Crippen LogP contribution in [0.1, 0.15) is 24.4 Å². The monoisotopic (exact) mass is 368 g/mol. The standard InChI is InChI=1S/C11H17IN2O2S/c1-17(15,16)8-2-3-11(14-13)9-4-6-10(12)7-5-9/h4-7,11,14H,2-3,8,13H2,1H3. The highest BCUT2D eigenvalue weighted by atomic mass is 127. The van der Waals surface area contributed by atoms with Crippen LogP contribution < -0.4 is 11.3 Å². The largest absolute Gasteiger partial charge is 0.271 e. The van der Waals surface area contributed by atoms with Gasteiger partial charge in [-0.15, -0.1) is 0 Å². The predicted molar refractivity (Wildman–Crippen MR) is 78.2 cm³/mol. The second kappa shape index (κ2) is 6.67. The van der Waals surface area contributed by atoms with E-state index in [0.29, 0.717) is 12.8 Å². The van der Waals surface area contributed by atoms with Crippen LogP contribution in [0, 0.1) is 3.57 Å². The van der Waals surface area contributed by atoms with Crippen molar-refractivity contribution >= 4 is 32.4 Å². The molecule has 4 nitrogen and oxygen atoms in total. The Morgan fingerprint density at radius 2 is 1.94 bits per heavy atom. The summed E-state index contributed by atoms with van der Waals surface area (Å²) >= 11 is 2.24. The minimum atomic E-state index is -2.89. The van der Waals surface area contributed by atoms with Gasteiger partial charge in [-0.2, -0.15) is 0 Å². The lowest BCUT2D eigenvalue weighted by atomic mass is 10.0. The molecule has 0 bridgehead atoms. The van der Waals surface area contributed by atoms with E-state index in [0.717, 1.165) is 5.56 Å². The molecule has 96 valence electrons. The number of benzene rings is 1. The number of hydrogen-bond donors (Lipinski definition) is 2. The summed E-state index contributed by atoms with van der Waals surface area (Å²) in [6, 6.07) is 8.04. The molecule has 0 aromatic heterocycles. The lowest BCUT2D eigenvalue weighted by molar-refractivity contribution is 0.507. The first-order valence-electron chi connectivity index (χ1n) is 5.31. The van der Waals surface area contributed by atoms with E-state index in [4.69, 9.17) is 5.84 Å². The lowest BCUT2D eigenvalue weighted by Gasteiger charge is -2.16. The molecule has 0 radical (unpaired) electrons. The topological polar surface area (TPSA) is 72.2 Å². The van der Waals surface area contributed by atoms with Gasteiger partial charge in [0.2, 0.25) is 0 Å². The Bertz CT molecular complexity index is 445. The van der Waals surface area contributed by atoms with E-state index in [-0.39, 0.29) is 11.8 Å². The Hall–Kier alpha value is -0.180. The molecule has 1 unspecified atom stereocenters. The average Bonchev–Trinajstić information content (AvgIpc) is 2.24. The van der Waals surface area contributed by atoms with Gasteiger partial charge in [-0.3, -0.25) is 11.3 Å². The van der Waals surface area contributed by atoms with Crippen LogP contribution in [0.2, 0.25) is 0 Å². The van der Waals surface area contributed by atoms with E-state index in [1.165, 1.54) is 9.83 Å². The first kappa shape index (κ1) is 14.9. The predicted octanol–water partition coefficient (Wildman–Crippen LogP) is 1.62. The minimum absolute atomic E-state index is 0.00810.